The van der Waals surface area contributed by atoms with Gasteiger partial charge < -0.3 is 19.8 Å². The van der Waals surface area contributed by atoms with Gasteiger partial charge in [-0.05, 0) is 24.1 Å². The van der Waals surface area contributed by atoms with Gasteiger partial charge in [0.05, 0.1) is 31.3 Å². The van der Waals surface area contributed by atoms with E-state index in [0.717, 1.165) is 23.3 Å². The molecule has 31 heavy (non-hydrogen) atoms. The van der Waals surface area contributed by atoms with Crippen LogP contribution in [0.1, 0.15) is 36.2 Å². The Kier molecular flexibility index (Phi) is 5.75. The predicted molar refractivity (Wildman–Crippen MR) is 121 cm³/mol. The molecule has 0 saturated carbocycles. The summed E-state index contributed by atoms with van der Waals surface area (Å²) in [6, 6.07) is 15.2. The summed E-state index contributed by atoms with van der Waals surface area (Å²) in [5.74, 6) is 0.800. The van der Waals surface area contributed by atoms with Gasteiger partial charge in [-0.25, -0.2) is 14.8 Å². The maximum absolute atomic E-state index is 13.0. The van der Waals surface area contributed by atoms with E-state index in [9.17, 15) is 4.79 Å². The quantitative estimate of drug-likeness (QED) is 0.447. The summed E-state index contributed by atoms with van der Waals surface area (Å²) in [7, 11) is 1.63. The molecule has 7 heteroatoms. The number of esters is 1. The Balaban J connectivity index is 1.87. The molecule has 1 atom stereocenters. The summed E-state index contributed by atoms with van der Waals surface area (Å²) in [4.78, 5) is 22.5. The molecule has 4 rings (SSSR count). The van der Waals surface area contributed by atoms with Crippen molar-refractivity contribution in [1.29, 1.82) is 0 Å². The minimum atomic E-state index is -0.480. The standard InChI is InChI=1S/C24H26N4O3/c1-4-15(2)14-31-24(29)20-21-23(27-18-11-7-6-10-17(18)26-21)28(22(20)25)13-16-9-5-8-12-19(16)30-3/h5-12,15H,4,13-14,25H2,1-3H3/t15-/m1/s1. The molecule has 0 saturated heterocycles. The average Bonchev–Trinajstić information content (AvgIpc) is 3.06. The van der Waals surface area contributed by atoms with Crippen LogP contribution in [0.2, 0.25) is 0 Å². The van der Waals surface area contributed by atoms with E-state index in [-0.39, 0.29) is 17.3 Å². The Hall–Kier alpha value is -3.61. The van der Waals surface area contributed by atoms with Crippen molar-refractivity contribution in [2.45, 2.75) is 26.8 Å². The van der Waals surface area contributed by atoms with Gasteiger partial charge >= 0.3 is 5.97 Å². The number of carbonyl (C=O) groups is 1. The number of nitrogens with two attached hydrogens (primary N) is 1. The number of nitrogens with zero attached hydrogens (tertiary/aromatic N) is 3. The monoisotopic (exact) mass is 418 g/mol. The molecule has 160 valence electrons. The highest BCUT2D eigenvalue weighted by Gasteiger charge is 2.26. The Morgan fingerprint density at radius 1 is 1.10 bits per heavy atom. The third kappa shape index (κ3) is 3.91. The number of benzene rings is 2. The molecular formula is C24H26N4O3. The van der Waals surface area contributed by atoms with Crippen LogP contribution in [-0.2, 0) is 11.3 Å². The van der Waals surface area contributed by atoms with Crippen molar-refractivity contribution in [2.75, 3.05) is 19.5 Å². The zero-order chi connectivity index (χ0) is 22.0. The van der Waals surface area contributed by atoms with Crippen molar-refractivity contribution in [2.24, 2.45) is 5.92 Å². The topological polar surface area (TPSA) is 92.3 Å². The molecule has 4 aromatic rings. The average molecular weight is 418 g/mol. The molecule has 0 spiro atoms. The Bertz CT molecular complexity index is 1250. The van der Waals surface area contributed by atoms with E-state index in [4.69, 9.17) is 25.2 Å². The second-order valence-electron chi connectivity index (χ2n) is 7.65. The number of anilines is 1. The van der Waals surface area contributed by atoms with Crippen LogP contribution in [0.3, 0.4) is 0 Å². The van der Waals surface area contributed by atoms with Crippen molar-refractivity contribution < 1.29 is 14.3 Å². The molecule has 2 heterocycles. The van der Waals surface area contributed by atoms with Crippen LogP contribution in [0.15, 0.2) is 48.5 Å². The number of ether oxygens (including phenoxy) is 2. The van der Waals surface area contributed by atoms with Crippen molar-refractivity contribution in [1.82, 2.24) is 14.5 Å². The van der Waals surface area contributed by atoms with Gasteiger partial charge in [0.25, 0.3) is 0 Å². The number of rotatable bonds is 7. The second kappa shape index (κ2) is 8.63. The molecule has 0 amide bonds. The highest BCUT2D eigenvalue weighted by atomic mass is 16.5. The molecular weight excluding hydrogens is 392 g/mol. The summed E-state index contributed by atoms with van der Waals surface area (Å²) in [6.45, 7) is 4.81. The Morgan fingerprint density at radius 2 is 1.77 bits per heavy atom. The number of hydrogen-bond donors (Lipinski definition) is 1. The van der Waals surface area contributed by atoms with Crippen LogP contribution in [0.5, 0.6) is 5.75 Å². The lowest BCUT2D eigenvalue weighted by Gasteiger charge is -2.12. The van der Waals surface area contributed by atoms with Crippen molar-refractivity contribution in [3.63, 3.8) is 0 Å². The Labute approximate surface area is 180 Å². The molecule has 0 radical (unpaired) electrons. The highest BCUT2D eigenvalue weighted by Crippen LogP contribution is 2.31. The van der Waals surface area contributed by atoms with E-state index in [1.54, 1.807) is 11.7 Å². The van der Waals surface area contributed by atoms with Gasteiger partial charge in [0.15, 0.2) is 5.65 Å². The molecule has 2 aromatic heterocycles. The molecule has 0 aliphatic heterocycles. The van der Waals surface area contributed by atoms with E-state index in [1.807, 2.05) is 55.5 Å². The fourth-order valence-electron chi connectivity index (χ4n) is 3.49. The van der Waals surface area contributed by atoms with Gasteiger partial charge in [-0.1, -0.05) is 50.6 Å². The minimum Gasteiger partial charge on any atom is -0.496 e. The normalized spacial score (nSPS) is 12.2. The van der Waals surface area contributed by atoms with E-state index in [2.05, 4.69) is 6.92 Å². The van der Waals surface area contributed by atoms with Gasteiger partial charge in [-0.2, -0.15) is 0 Å². The SMILES string of the molecule is CC[C@@H](C)COC(=O)c1c(N)n(Cc2ccccc2OC)c2nc3ccccc3nc12. The van der Waals surface area contributed by atoms with Crippen LogP contribution in [0, 0.1) is 5.92 Å². The maximum Gasteiger partial charge on any atom is 0.344 e. The first-order valence-electron chi connectivity index (χ1n) is 10.4. The smallest absolute Gasteiger partial charge is 0.344 e. The summed E-state index contributed by atoms with van der Waals surface area (Å²) in [5.41, 5.74) is 10.1. The van der Waals surface area contributed by atoms with E-state index < -0.39 is 5.97 Å². The van der Waals surface area contributed by atoms with Crippen LogP contribution in [0.25, 0.3) is 22.2 Å². The molecule has 0 unspecified atom stereocenters. The summed E-state index contributed by atoms with van der Waals surface area (Å²) in [5, 5.41) is 0. The lowest BCUT2D eigenvalue weighted by Crippen LogP contribution is -2.14. The first-order chi connectivity index (χ1) is 15.0. The van der Waals surface area contributed by atoms with Gasteiger partial charge in [-0.15, -0.1) is 0 Å². The van der Waals surface area contributed by atoms with Crippen LogP contribution < -0.4 is 10.5 Å². The zero-order valence-corrected chi connectivity index (χ0v) is 18.0. The van der Waals surface area contributed by atoms with Crippen LogP contribution >= 0.6 is 0 Å². The number of methoxy groups -OCH3 is 1. The molecule has 2 N–H and O–H groups in total. The summed E-state index contributed by atoms with van der Waals surface area (Å²) in [6.07, 6.45) is 0.919. The zero-order valence-electron chi connectivity index (χ0n) is 18.0. The van der Waals surface area contributed by atoms with Crippen LogP contribution in [-0.4, -0.2) is 34.2 Å². The number of aromatic nitrogens is 3. The molecule has 0 aliphatic carbocycles. The van der Waals surface area contributed by atoms with Crippen molar-refractivity contribution in [3.8, 4) is 5.75 Å². The molecule has 2 aromatic carbocycles. The fraction of sp³-hybridized carbons (Fsp3) is 0.292. The molecule has 0 aliphatic rings. The third-order valence-corrected chi connectivity index (χ3v) is 5.51. The van der Waals surface area contributed by atoms with E-state index in [1.165, 1.54) is 0 Å². The van der Waals surface area contributed by atoms with Gasteiger partial charge in [-0.3, -0.25) is 0 Å². The molecule has 0 fully saturated rings. The highest BCUT2D eigenvalue weighted by molar-refractivity contribution is 6.08. The lowest BCUT2D eigenvalue weighted by atomic mass is 10.1. The predicted octanol–water partition coefficient (Wildman–Crippen LogP) is 4.43. The number of hydrogen-bond acceptors (Lipinski definition) is 6. The Morgan fingerprint density at radius 3 is 2.48 bits per heavy atom. The largest absolute Gasteiger partial charge is 0.496 e. The maximum atomic E-state index is 13.0. The van der Waals surface area contributed by atoms with E-state index >= 15 is 0 Å². The molecule has 7 nitrogen and oxygen atoms in total. The summed E-state index contributed by atoms with van der Waals surface area (Å²) < 4.78 is 12.9. The second-order valence-corrected chi connectivity index (χ2v) is 7.65. The molecule has 0 bridgehead atoms. The first-order valence-corrected chi connectivity index (χ1v) is 10.4. The number of nitrogen functional groups attached to an aromatic ring is 1. The van der Waals surface area contributed by atoms with Crippen molar-refractivity contribution in [3.05, 3.63) is 59.7 Å². The number of fused-ring (bicyclic) bond motifs is 2. The number of para-hydroxylation sites is 3. The van der Waals surface area contributed by atoms with E-state index in [0.29, 0.717) is 29.8 Å². The van der Waals surface area contributed by atoms with Crippen molar-refractivity contribution >= 4 is 34.0 Å². The van der Waals surface area contributed by atoms with Gasteiger partial charge in [0, 0.05) is 5.56 Å². The fourth-order valence-corrected chi connectivity index (χ4v) is 3.49. The minimum absolute atomic E-state index is 0.256. The van der Waals surface area contributed by atoms with Gasteiger partial charge in [0.2, 0.25) is 0 Å². The third-order valence-electron chi connectivity index (χ3n) is 5.51. The van der Waals surface area contributed by atoms with Crippen LogP contribution in [0.4, 0.5) is 5.82 Å². The summed E-state index contributed by atoms with van der Waals surface area (Å²) >= 11 is 0. The van der Waals surface area contributed by atoms with Gasteiger partial charge in [0.1, 0.15) is 22.6 Å². The first kappa shape index (κ1) is 20.7. The lowest BCUT2D eigenvalue weighted by molar-refractivity contribution is 0.0450. The number of carbonyl (C=O) groups excluding carboxylic acids is 1.